The molecule has 0 aliphatic carbocycles. The van der Waals surface area contributed by atoms with E-state index in [0.717, 1.165) is 12.1 Å². The van der Waals surface area contributed by atoms with Gasteiger partial charge in [-0.1, -0.05) is 65.5 Å². The first-order chi connectivity index (χ1) is 12.9. The van der Waals surface area contributed by atoms with Gasteiger partial charge in [0.1, 0.15) is 0 Å². The lowest BCUT2D eigenvalue weighted by Crippen LogP contribution is -2.50. The molecule has 1 aromatic rings. The Hall–Kier alpha value is -1.62. The molecular formula is C22H40N2O3. The first-order valence-corrected chi connectivity index (χ1v) is 10.7. The van der Waals surface area contributed by atoms with Gasteiger partial charge in [-0.2, -0.15) is 0 Å². The summed E-state index contributed by atoms with van der Waals surface area (Å²) < 4.78 is 1.42. The summed E-state index contributed by atoms with van der Waals surface area (Å²) in [6, 6.07) is 4.70. The molecule has 0 bridgehead atoms. The number of benzene rings is 1. The van der Waals surface area contributed by atoms with E-state index in [1.165, 1.54) is 94.2 Å². The third kappa shape index (κ3) is 11.6. The molecule has 5 heteroatoms. The normalized spacial score (nSPS) is 11.0. The second kappa shape index (κ2) is 15.4. The molecule has 0 aliphatic rings. The first-order valence-electron chi connectivity index (χ1n) is 10.7. The number of nitrogens with zero attached hydrogens (tertiary/aromatic N) is 2. The van der Waals surface area contributed by atoms with E-state index in [0.29, 0.717) is 0 Å². The maximum Gasteiger partial charge on any atom is 0.269 e. The minimum atomic E-state index is -0.542. The zero-order valence-electron chi connectivity index (χ0n) is 17.9. The number of hydrogen-bond donors (Lipinski definition) is 0. The van der Waals surface area contributed by atoms with Crippen LogP contribution in [-0.2, 0) is 0 Å². The Balaban J connectivity index is 0.000000569. The van der Waals surface area contributed by atoms with Gasteiger partial charge in [-0.25, -0.2) is 0 Å². The van der Waals surface area contributed by atoms with Crippen molar-refractivity contribution >= 4 is 5.69 Å². The highest BCUT2D eigenvalue weighted by Gasteiger charge is 2.24. The van der Waals surface area contributed by atoms with Crippen LogP contribution in [0, 0.1) is 10.1 Å². The van der Waals surface area contributed by atoms with Crippen molar-refractivity contribution in [3.05, 3.63) is 34.4 Å². The second-order valence-corrected chi connectivity index (χ2v) is 7.40. The highest BCUT2D eigenvalue weighted by Crippen LogP contribution is 2.16. The molecule has 0 aromatic heterocycles. The molecule has 1 aromatic carbocycles. The lowest BCUT2D eigenvalue weighted by molar-refractivity contribution is -0.929. The zero-order chi connectivity index (χ0) is 20.5. The number of unbranched alkanes of at least 4 members (excludes halogenated alkanes) is 4. The summed E-state index contributed by atoms with van der Waals surface area (Å²) in [5, 5.41) is 20.4. The molecule has 0 fully saturated rings. The van der Waals surface area contributed by atoms with Gasteiger partial charge in [0, 0.05) is 12.1 Å². The average Bonchev–Trinajstić information content (AvgIpc) is 2.68. The number of hydrogen-bond acceptors (Lipinski definition) is 3. The Kier molecular flexibility index (Phi) is 14.5. The van der Waals surface area contributed by atoms with E-state index in [4.69, 9.17) is 0 Å². The van der Waals surface area contributed by atoms with Crippen molar-refractivity contribution in [2.24, 2.45) is 0 Å². The molecule has 0 atom stereocenters. The van der Waals surface area contributed by atoms with Gasteiger partial charge in [0.15, 0.2) is 0 Å². The SMILES string of the molecule is CCCC[N+](CCCC)(CCCC)CCCC.O=[N+]([O-])c1ccc([O-])cc1. The zero-order valence-corrected chi connectivity index (χ0v) is 17.9. The fourth-order valence-electron chi connectivity index (χ4n) is 3.21. The highest BCUT2D eigenvalue weighted by molar-refractivity contribution is 5.34. The number of nitro benzene ring substituents is 1. The Bertz CT molecular complexity index is 451. The van der Waals surface area contributed by atoms with Crippen LogP contribution in [0.15, 0.2) is 24.3 Å². The summed E-state index contributed by atoms with van der Waals surface area (Å²) in [7, 11) is 0. The Morgan fingerprint density at radius 2 is 1.07 bits per heavy atom. The van der Waals surface area contributed by atoms with E-state index in [1.807, 2.05) is 0 Å². The predicted molar refractivity (Wildman–Crippen MR) is 112 cm³/mol. The molecule has 0 radical (unpaired) electrons. The molecule has 0 amide bonds. The van der Waals surface area contributed by atoms with Gasteiger partial charge in [-0.15, -0.1) is 5.75 Å². The van der Waals surface area contributed by atoms with Crippen LogP contribution >= 0.6 is 0 Å². The maximum absolute atomic E-state index is 10.4. The first kappa shape index (κ1) is 25.4. The predicted octanol–water partition coefficient (Wildman–Crippen LogP) is 5.67. The van der Waals surface area contributed by atoms with E-state index in [1.54, 1.807) is 0 Å². The van der Waals surface area contributed by atoms with Gasteiger partial charge in [-0.3, -0.25) is 10.1 Å². The van der Waals surface area contributed by atoms with Crippen molar-refractivity contribution in [3.63, 3.8) is 0 Å². The summed E-state index contributed by atoms with van der Waals surface area (Å²) in [6.45, 7) is 15.0. The molecule has 5 nitrogen and oxygen atoms in total. The quantitative estimate of drug-likeness (QED) is 0.251. The molecule has 0 spiro atoms. The second-order valence-electron chi connectivity index (χ2n) is 7.40. The van der Waals surface area contributed by atoms with Crippen molar-refractivity contribution in [2.75, 3.05) is 26.2 Å². The molecule has 156 valence electrons. The summed E-state index contributed by atoms with van der Waals surface area (Å²) >= 11 is 0. The summed E-state index contributed by atoms with van der Waals surface area (Å²) in [5.74, 6) is -0.217. The van der Waals surface area contributed by atoms with Gasteiger partial charge >= 0.3 is 0 Å². The fourth-order valence-corrected chi connectivity index (χ4v) is 3.21. The van der Waals surface area contributed by atoms with Crippen LogP contribution in [0.25, 0.3) is 0 Å². The topological polar surface area (TPSA) is 66.2 Å². The van der Waals surface area contributed by atoms with Crippen LogP contribution in [0.4, 0.5) is 5.69 Å². The maximum atomic E-state index is 10.4. The molecule has 1 rings (SSSR count). The van der Waals surface area contributed by atoms with Crippen LogP contribution in [0.1, 0.15) is 79.1 Å². The Morgan fingerprint density at radius 1 is 0.741 bits per heavy atom. The highest BCUT2D eigenvalue weighted by atomic mass is 16.6. The van der Waals surface area contributed by atoms with Gasteiger partial charge in [0.25, 0.3) is 5.69 Å². The average molecular weight is 381 g/mol. The van der Waals surface area contributed by atoms with E-state index >= 15 is 0 Å². The molecule has 0 aliphatic heterocycles. The number of quaternary nitrogens is 1. The lowest BCUT2D eigenvalue weighted by Gasteiger charge is -2.39. The molecule has 0 saturated carbocycles. The smallest absolute Gasteiger partial charge is 0.269 e. The molecule has 0 unspecified atom stereocenters. The van der Waals surface area contributed by atoms with Crippen molar-refractivity contribution in [3.8, 4) is 5.75 Å². The summed E-state index contributed by atoms with van der Waals surface area (Å²) in [4.78, 5) is 9.47. The number of non-ortho nitro benzene ring substituents is 1. The minimum Gasteiger partial charge on any atom is -0.872 e. The van der Waals surface area contributed by atoms with E-state index in [2.05, 4.69) is 27.7 Å². The van der Waals surface area contributed by atoms with Crippen LogP contribution < -0.4 is 5.11 Å². The fraction of sp³-hybridized carbons (Fsp3) is 0.727. The van der Waals surface area contributed by atoms with E-state index in [-0.39, 0.29) is 11.4 Å². The molecule has 0 saturated heterocycles. The standard InChI is InChI=1S/C16H36N.C6H5NO3/c1-5-9-13-17(14-10-6-2,15-11-7-3)16-12-8-4;8-6-3-1-5(2-4-6)7(9)10/h5-16H2,1-4H3;1-4,8H/q+1;/p-1. The van der Waals surface area contributed by atoms with E-state index in [9.17, 15) is 15.2 Å². The van der Waals surface area contributed by atoms with Crippen molar-refractivity contribution in [1.29, 1.82) is 0 Å². The molecule has 0 N–H and O–H groups in total. The minimum absolute atomic E-state index is 0.0559. The number of nitro groups is 1. The van der Waals surface area contributed by atoms with Gasteiger partial charge in [-0.05, 0) is 25.7 Å². The van der Waals surface area contributed by atoms with Crippen molar-refractivity contribution < 1.29 is 14.5 Å². The van der Waals surface area contributed by atoms with Gasteiger partial charge in [0.2, 0.25) is 0 Å². The van der Waals surface area contributed by atoms with Gasteiger partial charge < -0.3 is 9.59 Å². The Labute approximate surface area is 166 Å². The largest absolute Gasteiger partial charge is 0.872 e. The number of rotatable bonds is 13. The molecule has 0 heterocycles. The summed E-state index contributed by atoms with van der Waals surface area (Å²) in [5.41, 5.74) is -0.0559. The third-order valence-electron chi connectivity index (χ3n) is 4.99. The third-order valence-corrected chi connectivity index (χ3v) is 4.99. The molecular weight excluding hydrogens is 340 g/mol. The van der Waals surface area contributed by atoms with Crippen molar-refractivity contribution in [1.82, 2.24) is 0 Å². The van der Waals surface area contributed by atoms with Crippen LogP contribution in [-0.4, -0.2) is 35.6 Å². The lowest BCUT2D eigenvalue weighted by atomic mass is 10.1. The van der Waals surface area contributed by atoms with Gasteiger partial charge in [0.05, 0.1) is 31.1 Å². The Morgan fingerprint density at radius 3 is 1.33 bits per heavy atom. The monoisotopic (exact) mass is 380 g/mol. The van der Waals surface area contributed by atoms with Crippen LogP contribution in [0.2, 0.25) is 0 Å². The van der Waals surface area contributed by atoms with Crippen molar-refractivity contribution in [2.45, 2.75) is 79.1 Å². The van der Waals surface area contributed by atoms with E-state index < -0.39 is 4.92 Å². The van der Waals surface area contributed by atoms with Crippen LogP contribution in [0.5, 0.6) is 5.75 Å². The summed E-state index contributed by atoms with van der Waals surface area (Å²) in [6.07, 6.45) is 11.1. The van der Waals surface area contributed by atoms with Crippen LogP contribution in [0.3, 0.4) is 0 Å². The molecule has 27 heavy (non-hydrogen) atoms.